The molecular weight excluding hydrogens is 527 g/mol. The first kappa shape index (κ1) is 25.8. The number of aromatic nitrogens is 2. The van der Waals surface area contributed by atoms with Crippen LogP contribution in [0, 0.1) is 0 Å². The van der Waals surface area contributed by atoms with Crippen molar-refractivity contribution < 1.29 is 23.3 Å². The number of benzene rings is 3. The van der Waals surface area contributed by atoms with Crippen LogP contribution >= 0.6 is 23.2 Å². The topological polar surface area (TPSA) is 87.6 Å². The fourth-order valence-corrected chi connectivity index (χ4v) is 4.78. The lowest BCUT2D eigenvalue weighted by Gasteiger charge is -2.11. The normalized spacial score (nSPS) is 11.3. The second kappa shape index (κ2) is 10.9. The maximum atomic E-state index is 12.1. The number of esters is 1. The molecule has 0 saturated carbocycles. The Morgan fingerprint density at radius 1 is 0.947 bits per heavy atom. The molecule has 9 heteroatoms. The Labute approximate surface area is 229 Å². The molecule has 5 aromatic rings. The summed E-state index contributed by atoms with van der Waals surface area (Å²) in [4.78, 5) is 12.1. The van der Waals surface area contributed by atoms with Crippen LogP contribution in [-0.2, 0) is 11.3 Å². The van der Waals surface area contributed by atoms with Crippen LogP contribution in [-0.4, -0.2) is 22.9 Å². The Morgan fingerprint density at radius 3 is 2.34 bits per heavy atom. The molecule has 0 unspecified atom stereocenters. The number of carbonyl (C=O) groups is 1. The van der Waals surface area contributed by atoms with E-state index in [0.29, 0.717) is 38.0 Å². The van der Waals surface area contributed by atoms with Gasteiger partial charge in [0.25, 0.3) is 5.76 Å². The zero-order chi connectivity index (χ0) is 26.8. The molecule has 0 fully saturated rings. The number of nitrogens with zero attached hydrogens (tertiary/aromatic N) is 2. The van der Waals surface area contributed by atoms with Gasteiger partial charge < -0.3 is 18.5 Å². The third-order valence-corrected chi connectivity index (χ3v) is 6.68. The van der Waals surface area contributed by atoms with Crippen LogP contribution in [0.2, 0.25) is 10.0 Å². The van der Waals surface area contributed by atoms with E-state index in [1.54, 1.807) is 31.2 Å². The van der Waals surface area contributed by atoms with Gasteiger partial charge in [0.2, 0.25) is 0 Å². The molecule has 3 aromatic carbocycles. The summed E-state index contributed by atoms with van der Waals surface area (Å²) < 4.78 is 22.0. The van der Waals surface area contributed by atoms with Gasteiger partial charge in [-0.05, 0) is 54.4 Å². The van der Waals surface area contributed by atoms with Crippen molar-refractivity contribution in [3.8, 4) is 28.1 Å². The Bertz CT molecular complexity index is 1590. The number of hydrogen-bond acceptors (Lipinski definition) is 7. The first-order valence-corrected chi connectivity index (χ1v) is 12.9. The van der Waals surface area contributed by atoms with Crippen molar-refractivity contribution >= 4 is 40.1 Å². The van der Waals surface area contributed by atoms with Crippen LogP contribution in [0.3, 0.4) is 0 Å². The summed E-state index contributed by atoms with van der Waals surface area (Å²) in [5, 5.41) is 9.88. The zero-order valence-electron chi connectivity index (χ0n) is 21.0. The number of halogens is 2. The van der Waals surface area contributed by atoms with Gasteiger partial charge in [-0.3, -0.25) is 0 Å². The van der Waals surface area contributed by atoms with E-state index in [1.807, 2.05) is 50.2 Å². The monoisotopic (exact) mass is 550 g/mol. The smallest absolute Gasteiger partial charge is 0.377 e. The standard InChI is InChI=1S/C29H24Cl2N2O5/c1-4-35-29(34)28-20-13-10-18(14-24(20)32-38-28)17-8-11-19(12-9-17)36-15-21-26(33-37-27(21)16(2)3)25-22(30)6-5-7-23(25)31/h5-14,16H,4,15H2,1-3H3. The van der Waals surface area contributed by atoms with E-state index in [0.717, 1.165) is 22.5 Å². The van der Waals surface area contributed by atoms with Gasteiger partial charge in [-0.2, -0.15) is 0 Å². The Kier molecular flexibility index (Phi) is 7.40. The van der Waals surface area contributed by atoms with Crippen LogP contribution in [0.4, 0.5) is 0 Å². The highest BCUT2D eigenvalue weighted by Gasteiger charge is 2.24. The van der Waals surface area contributed by atoms with Gasteiger partial charge in [0, 0.05) is 11.5 Å². The fourth-order valence-electron chi connectivity index (χ4n) is 4.20. The van der Waals surface area contributed by atoms with Crippen molar-refractivity contribution in [3.05, 3.63) is 87.8 Å². The molecule has 0 aliphatic heterocycles. The van der Waals surface area contributed by atoms with Crippen LogP contribution in [0.1, 0.15) is 48.6 Å². The van der Waals surface area contributed by atoms with Crippen molar-refractivity contribution in [2.24, 2.45) is 0 Å². The molecule has 0 N–H and O–H groups in total. The van der Waals surface area contributed by atoms with E-state index in [4.69, 9.17) is 41.7 Å². The largest absolute Gasteiger partial charge is 0.489 e. The minimum atomic E-state index is -0.530. The minimum absolute atomic E-state index is 0.0919. The van der Waals surface area contributed by atoms with Gasteiger partial charge in [0.05, 0.1) is 27.6 Å². The molecule has 0 aliphatic rings. The summed E-state index contributed by atoms with van der Waals surface area (Å²) in [6, 6.07) is 18.6. The zero-order valence-corrected chi connectivity index (χ0v) is 22.5. The lowest BCUT2D eigenvalue weighted by molar-refractivity contribution is 0.0483. The average molecular weight is 551 g/mol. The molecule has 2 aromatic heterocycles. The maximum absolute atomic E-state index is 12.1. The summed E-state index contributed by atoms with van der Waals surface area (Å²) in [6.07, 6.45) is 0. The average Bonchev–Trinajstić information content (AvgIpc) is 3.52. The predicted molar refractivity (Wildman–Crippen MR) is 146 cm³/mol. The minimum Gasteiger partial charge on any atom is -0.489 e. The highest BCUT2D eigenvalue weighted by atomic mass is 35.5. The van der Waals surface area contributed by atoms with E-state index in [2.05, 4.69) is 10.3 Å². The molecule has 0 atom stereocenters. The van der Waals surface area contributed by atoms with Gasteiger partial charge in [-0.1, -0.05) is 71.6 Å². The van der Waals surface area contributed by atoms with Gasteiger partial charge in [0.15, 0.2) is 0 Å². The van der Waals surface area contributed by atoms with E-state index in [-0.39, 0.29) is 24.9 Å². The summed E-state index contributed by atoms with van der Waals surface area (Å²) in [5.74, 6) is 1.06. The summed E-state index contributed by atoms with van der Waals surface area (Å²) in [6.45, 7) is 6.29. The fraction of sp³-hybridized carbons (Fsp3) is 0.207. The third kappa shape index (κ3) is 4.99. The predicted octanol–water partition coefficient (Wildman–Crippen LogP) is 8.34. The van der Waals surface area contributed by atoms with Gasteiger partial charge in [-0.25, -0.2) is 4.79 Å². The van der Waals surface area contributed by atoms with Gasteiger partial charge in [-0.15, -0.1) is 0 Å². The molecule has 194 valence electrons. The maximum Gasteiger partial charge on any atom is 0.377 e. The van der Waals surface area contributed by atoms with Crippen molar-refractivity contribution in [1.29, 1.82) is 0 Å². The molecule has 0 saturated heterocycles. The number of fused-ring (bicyclic) bond motifs is 1. The second-order valence-corrected chi connectivity index (χ2v) is 9.72. The Hall–Kier alpha value is -3.81. The molecule has 2 heterocycles. The van der Waals surface area contributed by atoms with Crippen LogP contribution in [0.25, 0.3) is 33.3 Å². The lowest BCUT2D eigenvalue weighted by Crippen LogP contribution is -2.03. The molecule has 5 rings (SSSR count). The van der Waals surface area contributed by atoms with E-state index in [1.165, 1.54) is 0 Å². The summed E-state index contributed by atoms with van der Waals surface area (Å²) in [7, 11) is 0. The number of ether oxygens (including phenoxy) is 2. The molecule has 0 bridgehead atoms. The Balaban J connectivity index is 1.37. The van der Waals surface area contributed by atoms with Crippen molar-refractivity contribution in [2.75, 3.05) is 6.61 Å². The SMILES string of the molecule is CCOC(=O)c1onc2cc(-c3ccc(OCc4c(-c5c(Cl)cccc5Cl)noc4C(C)C)cc3)ccc12. The van der Waals surface area contributed by atoms with Crippen LogP contribution in [0.15, 0.2) is 69.7 Å². The van der Waals surface area contributed by atoms with Crippen LogP contribution in [0.5, 0.6) is 5.75 Å². The highest BCUT2D eigenvalue weighted by molar-refractivity contribution is 6.39. The van der Waals surface area contributed by atoms with E-state index < -0.39 is 5.97 Å². The molecular formula is C29H24Cl2N2O5. The number of hydrogen-bond donors (Lipinski definition) is 0. The lowest BCUT2D eigenvalue weighted by atomic mass is 10.0. The summed E-state index contributed by atoms with van der Waals surface area (Å²) in [5.41, 5.74) is 4.44. The molecule has 7 nitrogen and oxygen atoms in total. The molecule has 0 radical (unpaired) electrons. The van der Waals surface area contributed by atoms with Crippen LogP contribution < -0.4 is 4.74 Å². The molecule has 0 aliphatic carbocycles. The molecule has 0 amide bonds. The number of carbonyl (C=O) groups excluding carboxylic acids is 1. The first-order valence-electron chi connectivity index (χ1n) is 12.1. The molecule has 0 spiro atoms. The second-order valence-electron chi connectivity index (χ2n) is 8.90. The first-order chi connectivity index (χ1) is 18.4. The summed E-state index contributed by atoms with van der Waals surface area (Å²) >= 11 is 12.9. The van der Waals surface area contributed by atoms with E-state index in [9.17, 15) is 4.79 Å². The highest BCUT2D eigenvalue weighted by Crippen LogP contribution is 2.39. The van der Waals surface area contributed by atoms with E-state index >= 15 is 0 Å². The van der Waals surface area contributed by atoms with Crippen molar-refractivity contribution in [3.63, 3.8) is 0 Å². The van der Waals surface area contributed by atoms with Crippen molar-refractivity contribution in [2.45, 2.75) is 33.3 Å². The van der Waals surface area contributed by atoms with Crippen molar-refractivity contribution in [1.82, 2.24) is 10.3 Å². The quantitative estimate of drug-likeness (QED) is 0.179. The molecule has 38 heavy (non-hydrogen) atoms. The third-order valence-electron chi connectivity index (χ3n) is 6.05. The van der Waals surface area contributed by atoms with Gasteiger partial charge in [0.1, 0.15) is 29.3 Å². The Morgan fingerprint density at radius 2 is 1.66 bits per heavy atom. The number of rotatable bonds is 8. The van der Waals surface area contributed by atoms with Gasteiger partial charge >= 0.3 is 5.97 Å².